The lowest BCUT2D eigenvalue weighted by molar-refractivity contribution is -0.394. The molecule has 40 heteroatoms. The maximum atomic E-state index is 13.1. The number of fused-ring (bicyclic) bond motifs is 4. The number of carboxylic acids is 3. The van der Waals surface area contributed by atoms with E-state index in [-0.39, 0.29) is 77.5 Å². The van der Waals surface area contributed by atoms with Gasteiger partial charge in [0.1, 0.15) is 51.6 Å². The summed E-state index contributed by atoms with van der Waals surface area (Å²) >= 11 is 3.44. The Morgan fingerprint density at radius 3 is 1.17 bits per heavy atom. The first-order chi connectivity index (χ1) is 68.2. The third-order valence-electron chi connectivity index (χ3n) is 20.0. The fraction of sp³-hybridized carbons (Fsp3) is 0.267. The number of amidine groups is 2. The van der Waals surface area contributed by atoms with Gasteiger partial charge in [-0.1, -0.05) is 168 Å². The average molecular weight is 2080 g/mol. The second kappa shape index (κ2) is 59.5. The van der Waals surface area contributed by atoms with E-state index in [0.717, 1.165) is 60.8 Å². The van der Waals surface area contributed by atoms with Crippen molar-refractivity contribution in [2.75, 3.05) is 26.7 Å². The number of aromatic hydroxyl groups is 1. The van der Waals surface area contributed by atoms with Crippen LogP contribution in [0.3, 0.4) is 0 Å². The Labute approximate surface area is 847 Å². The van der Waals surface area contributed by atoms with Gasteiger partial charge in [0.15, 0.2) is 17.7 Å². The monoisotopic (exact) mass is 2080 g/mol. The number of methoxy groups -OCH3 is 1. The summed E-state index contributed by atoms with van der Waals surface area (Å²) in [5.41, 5.74) is 27.6. The number of ether oxygens (including phenoxy) is 3. The summed E-state index contributed by atoms with van der Waals surface area (Å²) in [5, 5.41) is 51.0. The van der Waals surface area contributed by atoms with Gasteiger partial charge in [0.2, 0.25) is 6.29 Å². The Morgan fingerprint density at radius 2 is 0.814 bits per heavy atom. The van der Waals surface area contributed by atoms with Gasteiger partial charge in [-0.25, -0.2) is 24.0 Å². The molecule has 13 rings (SSSR count). The van der Waals surface area contributed by atoms with E-state index in [1.807, 2.05) is 148 Å². The summed E-state index contributed by atoms with van der Waals surface area (Å²) in [5.74, 6) is -5.71. The van der Waals surface area contributed by atoms with Crippen molar-refractivity contribution >= 4 is 131 Å². The van der Waals surface area contributed by atoms with Crippen molar-refractivity contribution in [1.82, 2.24) is 29.3 Å². The first-order valence-electron chi connectivity index (χ1n) is 44.8. The van der Waals surface area contributed by atoms with Crippen molar-refractivity contribution in [2.24, 2.45) is 43.6 Å². The second-order valence-electron chi connectivity index (χ2n) is 33.9. The van der Waals surface area contributed by atoms with Crippen LogP contribution in [0.2, 0.25) is 0 Å². The number of aldehydes is 1. The summed E-state index contributed by atoms with van der Waals surface area (Å²) in [6.07, 6.45) is 4.63. The summed E-state index contributed by atoms with van der Waals surface area (Å²) in [4.78, 5) is 168. The smallest absolute Gasteiger partial charge is 0.446 e. The number of amides is 2. The first-order valence-corrected chi connectivity index (χ1v) is 46.0. The number of carbonyl (C=O) groups excluding carboxylic acids is 6. The number of pyridine rings is 5. The van der Waals surface area contributed by atoms with Crippen molar-refractivity contribution in [2.45, 2.75) is 154 Å². The van der Waals surface area contributed by atoms with Gasteiger partial charge in [-0.15, -0.1) is 0 Å². The maximum absolute atomic E-state index is 13.1. The zero-order valence-electron chi connectivity index (χ0n) is 81.1. The van der Waals surface area contributed by atoms with Gasteiger partial charge >= 0.3 is 47.9 Å². The number of rotatable bonds is 29. The Morgan fingerprint density at radius 1 is 0.469 bits per heavy atom. The van der Waals surface area contributed by atoms with Crippen LogP contribution < -0.4 is 78.9 Å². The van der Waals surface area contributed by atoms with Gasteiger partial charge < -0.3 is 105 Å². The summed E-state index contributed by atoms with van der Waals surface area (Å²) in [6.45, 7) is 16.4. The summed E-state index contributed by atoms with van der Waals surface area (Å²) in [6, 6.07) is 68.7. The molecule has 2 amide bonds. The Hall–Kier alpha value is -16.3. The normalized spacial score (nSPS) is 11.6. The van der Waals surface area contributed by atoms with Crippen LogP contribution in [-0.4, -0.2) is 173 Å². The van der Waals surface area contributed by atoms with E-state index < -0.39 is 106 Å². The standard InChI is InChI=1S/C28H34N4O4.C23H25N5O4.C17H13NO3.C11H9Br.C11H23N3O2.C7H7NO3.C6H5NO3.C2HF3O.ClH/c1-19(29)30-15-7-12-24(27(35)36-28(2,3)4)31-25(33)23-11-8-16-32(26(23)34)18-20-13-14-21-9-5-6-10-22(21)17-20;24-23(25)26-11-3-8-19(22(31)32)27-20(29)18-7-4-12-28(21(18)30)14-15-9-10-16-5-1-2-6-17(16)13-15;19-16-15(17(20)21)6-3-9-18(16)11-12-7-8-13-4-1-2-5-14(13)10-12;12-8-9-5-6-10-3-1-2-4-11(10)7-9;1-8(12)14-7-5-6-9(13)10(15)16-11(2,3)4;1-11-7(10)5-3-2-4-8-6(5)9;8-5-4(6(9)10)2-1-3-7-5;3-2(4,5)1-6;/h5-6,8-11,13-14,16-17,24H,7,12,15,18H2,1-4H3,(H2,29,30)(H,31,33);1-2,4-7,9-10,12-13,19H,3,8,11,14H2,(H,27,29)(H,31,32)(H4,24,25,26);1-10H,11H2,(H,20,21);1-7H,8H2;9H,5-7,13H2,1-4H3,(H2,12,14);2-4H,1H3,(H,8,9);1-3H,(H,7,8)(H,9,10);1H;1H/t24-;19-;;;9-;;;;/m00..0..../s1. The number of hydrogen-bond donors (Lipinski definition) is 12. The van der Waals surface area contributed by atoms with Gasteiger partial charge in [0.05, 0.1) is 38.4 Å². The Kier molecular flexibility index (Phi) is 48.9. The van der Waals surface area contributed by atoms with Gasteiger partial charge in [-0.05, 0) is 232 Å². The third kappa shape index (κ3) is 42.6. The van der Waals surface area contributed by atoms with Gasteiger partial charge in [-0.2, -0.15) is 18.2 Å². The van der Waals surface area contributed by atoms with Crippen molar-refractivity contribution < 1.29 is 108 Å². The van der Waals surface area contributed by atoms with E-state index in [2.05, 4.69) is 98.7 Å². The predicted molar refractivity (Wildman–Crippen MR) is 549 cm³/mol. The van der Waals surface area contributed by atoms with Crippen LogP contribution in [-0.2, 0) is 58.4 Å². The number of aliphatic imine (C=N–C) groups is 3. The summed E-state index contributed by atoms with van der Waals surface area (Å²) in [7, 11) is 1.26. The molecule has 0 aliphatic heterocycles. The number of nitrogens with two attached hydrogens (primary N) is 5. The second-order valence-corrected chi connectivity index (χ2v) is 34.4. The first kappa shape index (κ1) is 119. The molecule has 0 aliphatic rings. The molecule has 35 nitrogen and oxygen atoms in total. The predicted octanol–water partition coefficient (Wildman–Crippen LogP) is 10.0. The van der Waals surface area contributed by atoms with Gasteiger partial charge in [-0.3, -0.25) is 53.3 Å². The van der Waals surface area contributed by atoms with Crippen LogP contribution in [0.15, 0.2) is 296 Å². The lowest BCUT2D eigenvalue weighted by Gasteiger charge is -2.24. The number of esters is 3. The number of H-pyrrole nitrogens is 2. The number of carboxylic acid groups (broad SMARTS) is 3. The minimum absolute atomic E-state index is 0. The molecular formula is C105H118BrClF3N15O20. The summed E-state index contributed by atoms with van der Waals surface area (Å²) < 4.78 is 50.6. The number of aromatic nitrogens is 5. The topological polar surface area (TPSA) is 566 Å². The van der Waals surface area contributed by atoms with Gasteiger partial charge in [0.25, 0.3) is 34.1 Å². The largest absolute Gasteiger partial charge is 1.00 e. The number of benzene rings is 8. The minimum Gasteiger partial charge on any atom is -1.00 e. The number of carbonyl (C=O) groups is 9. The molecule has 18 N–H and O–H groups in total. The number of aromatic carboxylic acids is 2. The fourth-order valence-electron chi connectivity index (χ4n) is 13.2. The van der Waals surface area contributed by atoms with E-state index in [9.17, 15) is 75.8 Å². The van der Waals surface area contributed by atoms with Crippen LogP contribution in [0.25, 0.3) is 43.1 Å². The highest BCUT2D eigenvalue weighted by Crippen LogP contribution is 2.23. The van der Waals surface area contributed by atoms with Crippen LogP contribution in [0.4, 0.5) is 13.2 Å². The molecule has 3 atom stereocenters. The van der Waals surface area contributed by atoms with Crippen molar-refractivity contribution in [1.29, 1.82) is 0 Å². The number of nitrogens with one attached hydrogen (secondary N) is 4. The molecule has 0 fully saturated rings. The molecule has 0 radical (unpaired) electrons. The maximum Gasteiger partial charge on any atom is 0.446 e. The molecule has 0 spiro atoms. The Balaban J connectivity index is 0.000000308. The number of guanidine groups is 1. The van der Waals surface area contributed by atoms with Crippen molar-refractivity contribution in [3.8, 4) is 5.88 Å². The third-order valence-corrected chi connectivity index (χ3v) is 20.6. The number of halogens is 5. The van der Waals surface area contributed by atoms with Crippen molar-refractivity contribution in [3.63, 3.8) is 0 Å². The molecule has 5 heterocycles. The number of aromatic amines is 2. The number of hydrogen-bond acceptors (Lipinski definition) is 21. The van der Waals surface area contributed by atoms with E-state index in [4.69, 9.17) is 58.3 Å². The molecule has 8 aromatic carbocycles. The minimum atomic E-state index is -4.64. The molecule has 145 heavy (non-hydrogen) atoms. The van der Waals surface area contributed by atoms with E-state index in [1.54, 1.807) is 77.5 Å². The lowest BCUT2D eigenvalue weighted by atomic mass is 10.1. The van der Waals surface area contributed by atoms with Crippen LogP contribution in [0.5, 0.6) is 5.88 Å². The average Bonchev–Trinajstić information content (AvgIpc) is 0.822. The fourth-order valence-corrected chi connectivity index (χ4v) is 13.5. The van der Waals surface area contributed by atoms with Crippen LogP contribution >= 0.6 is 15.9 Å². The molecule has 0 bridgehead atoms. The molecular weight excluding hydrogens is 1960 g/mol. The lowest BCUT2D eigenvalue weighted by Crippen LogP contribution is -3.00. The van der Waals surface area contributed by atoms with Crippen LogP contribution in [0, 0.1) is 0 Å². The van der Waals surface area contributed by atoms with Crippen LogP contribution in [0.1, 0.15) is 168 Å². The van der Waals surface area contributed by atoms with Gasteiger partial charge in [0, 0.05) is 55.8 Å². The highest BCUT2D eigenvalue weighted by Gasteiger charge is 2.30. The molecule has 768 valence electrons. The molecule has 0 saturated heterocycles. The van der Waals surface area contributed by atoms with E-state index >= 15 is 0 Å². The SMILES string of the molecule is BrCc1ccc2ccccc2c1.CC(N)=NCCC[C@H](N)C(=O)OC(C)(C)C.CC(N)=NCCC[C@H](NC(=O)c1cccn(Cc2ccc3ccccc3c2)c1=O)C(=O)OC(C)(C)C.COC(=O)c1ccc[nH+]c1O.NC(N)=NCCC[C@H](NC(=O)c1cccn(Cc2ccc3ccccc3c2)c1=O)C(=O)O.O=C(O)c1ccc[nH]c1=O.O=C(O)c1cccn(Cc2ccc3ccccc3c2)c1=O.O=CC(F)(F)F.[Cl-]. The van der Waals surface area contributed by atoms with E-state index in [1.165, 1.54) is 85.9 Å². The molecule has 0 aliphatic carbocycles. The molecule has 5 aromatic heterocycles. The zero-order valence-corrected chi connectivity index (χ0v) is 83.5. The molecule has 13 aromatic rings. The number of aliphatic carboxylic acids is 1. The number of alkyl halides is 4. The number of nitrogens with zero attached hydrogens (tertiary/aromatic N) is 6. The quantitative estimate of drug-likeness (QED) is 0.00394. The zero-order chi connectivity index (χ0) is 106. The molecule has 0 unspecified atom stereocenters. The highest BCUT2D eigenvalue weighted by molar-refractivity contribution is 9.08. The molecule has 0 saturated carbocycles. The van der Waals surface area contributed by atoms with Crippen molar-refractivity contribution in [3.05, 3.63) is 353 Å². The van der Waals surface area contributed by atoms with E-state index in [0.29, 0.717) is 63.5 Å². The highest BCUT2D eigenvalue weighted by atomic mass is 79.9. The Bertz CT molecular complexity index is 6930.